The number of aliphatic hydroxyl groups is 1. The average Bonchev–Trinajstić information content (AvgIpc) is 2.80. The minimum Gasteiger partial charge on any atom is -0.356 e. The quantitative estimate of drug-likeness (QED) is 0.555. The van der Waals surface area contributed by atoms with Crippen molar-refractivity contribution in [1.82, 2.24) is 20.9 Å². The van der Waals surface area contributed by atoms with Crippen molar-refractivity contribution >= 4 is 17.7 Å². The Morgan fingerprint density at radius 2 is 1.97 bits per heavy atom. The van der Waals surface area contributed by atoms with Gasteiger partial charge >= 0.3 is 0 Å². The maximum Gasteiger partial charge on any atom is 0.271 e. The fraction of sp³-hybridized carbons (Fsp3) is 0.500. The zero-order valence-corrected chi connectivity index (χ0v) is 17.7. The lowest BCUT2D eigenvalue weighted by Gasteiger charge is -2.39. The normalized spacial score (nSPS) is 24.2. The largest absolute Gasteiger partial charge is 0.356 e. The van der Waals surface area contributed by atoms with Gasteiger partial charge in [-0.1, -0.05) is 44.2 Å². The maximum absolute atomic E-state index is 13.5. The highest BCUT2D eigenvalue weighted by atomic mass is 16.3. The number of rotatable bonds is 6. The molecular formula is C22H30N4O4. The molecule has 2 atom stereocenters. The molecule has 2 unspecified atom stereocenters. The Balaban J connectivity index is 1.95. The van der Waals surface area contributed by atoms with Gasteiger partial charge in [0.05, 0.1) is 0 Å². The summed E-state index contributed by atoms with van der Waals surface area (Å²) in [6.07, 6.45) is 0.0251. The van der Waals surface area contributed by atoms with E-state index < -0.39 is 23.7 Å². The van der Waals surface area contributed by atoms with Crippen LogP contribution in [0.25, 0.3) is 0 Å². The third-order valence-corrected chi connectivity index (χ3v) is 5.72. The number of carbonyl (C=O) groups is 3. The number of nitrogens with zero attached hydrogens (tertiary/aromatic N) is 1. The van der Waals surface area contributed by atoms with Gasteiger partial charge in [0.2, 0.25) is 12.3 Å². The van der Waals surface area contributed by atoms with Crippen LogP contribution < -0.4 is 16.0 Å². The monoisotopic (exact) mass is 414 g/mol. The molecule has 0 saturated heterocycles. The van der Waals surface area contributed by atoms with Crippen molar-refractivity contribution in [3.05, 3.63) is 47.2 Å². The Bertz CT molecular complexity index is 852. The summed E-state index contributed by atoms with van der Waals surface area (Å²) in [4.78, 5) is 40.7. The second-order valence-electron chi connectivity index (χ2n) is 8.46. The van der Waals surface area contributed by atoms with Gasteiger partial charge < -0.3 is 26.0 Å². The molecule has 0 aliphatic carbocycles. The Labute approximate surface area is 176 Å². The van der Waals surface area contributed by atoms with Crippen LogP contribution >= 0.6 is 0 Å². The number of carbonyl (C=O) groups excluding carboxylic acids is 3. The second-order valence-corrected chi connectivity index (χ2v) is 8.46. The molecule has 2 heterocycles. The summed E-state index contributed by atoms with van der Waals surface area (Å²) >= 11 is 0. The average molecular weight is 415 g/mol. The predicted octanol–water partition coefficient (Wildman–Crippen LogP) is 0.979. The minimum atomic E-state index is -1.34. The molecule has 0 aromatic heterocycles. The van der Waals surface area contributed by atoms with Gasteiger partial charge in [0, 0.05) is 18.7 Å². The lowest BCUT2D eigenvalue weighted by Crippen LogP contribution is -2.60. The SMILES string of the molecule is CC(C)CCNC(=O)C1(C)CCC2=C(NC(O)NC2=O)C(=O)N1Cc1ccccc1. The molecule has 162 valence electrons. The van der Waals surface area contributed by atoms with Crippen LogP contribution in [-0.2, 0) is 20.9 Å². The summed E-state index contributed by atoms with van der Waals surface area (Å²) in [6, 6.07) is 9.41. The molecule has 3 rings (SSSR count). The first-order valence-corrected chi connectivity index (χ1v) is 10.3. The number of hydrogen-bond acceptors (Lipinski definition) is 5. The van der Waals surface area contributed by atoms with Crippen molar-refractivity contribution in [2.75, 3.05) is 6.54 Å². The molecule has 30 heavy (non-hydrogen) atoms. The zero-order valence-electron chi connectivity index (χ0n) is 17.7. The van der Waals surface area contributed by atoms with Crippen LogP contribution in [0.15, 0.2) is 41.6 Å². The Kier molecular flexibility index (Phi) is 6.45. The van der Waals surface area contributed by atoms with Crippen molar-refractivity contribution in [3.63, 3.8) is 0 Å². The number of hydrogen-bond donors (Lipinski definition) is 4. The van der Waals surface area contributed by atoms with E-state index in [1.807, 2.05) is 30.3 Å². The van der Waals surface area contributed by atoms with E-state index >= 15 is 0 Å². The highest BCUT2D eigenvalue weighted by Crippen LogP contribution is 2.33. The molecule has 2 aliphatic heterocycles. The summed E-state index contributed by atoms with van der Waals surface area (Å²) in [5.41, 5.74) is 0.0496. The van der Waals surface area contributed by atoms with Crippen molar-refractivity contribution < 1.29 is 19.5 Å². The van der Waals surface area contributed by atoms with Gasteiger partial charge in [-0.2, -0.15) is 0 Å². The molecule has 3 amide bonds. The van der Waals surface area contributed by atoms with E-state index in [1.54, 1.807) is 6.92 Å². The van der Waals surface area contributed by atoms with Crippen LogP contribution in [-0.4, -0.2) is 46.2 Å². The summed E-state index contributed by atoms with van der Waals surface area (Å²) in [6.45, 7) is 6.63. The lowest BCUT2D eigenvalue weighted by atomic mass is 9.90. The first-order valence-electron chi connectivity index (χ1n) is 10.3. The van der Waals surface area contributed by atoms with Crippen LogP contribution in [0.5, 0.6) is 0 Å². The van der Waals surface area contributed by atoms with Crippen LogP contribution in [0.4, 0.5) is 0 Å². The lowest BCUT2D eigenvalue weighted by molar-refractivity contribution is -0.146. The molecule has 0 radical (unpaired) electrons. The van der Waals surface area contributed by atoms with Crippen molar-refractivity contribution in [2.24, 2.45) is 5.92 Å². The standard InChI is InChI=1S/C22H30N4O4/c1-14(2)10-12-23-20(29)22(3)11-9-16-17(24-21(30)25-18(16)27)19(28)26(22)13-15-7-5-4-6-8-15/h4-8,14,21,24,30H,9-13H2,1-3H3,(H,23,29)(H,25,27). The number of aliphatic hydroxyl groups excluding tert-OH is 1. The molecule has 0 fully saturated rings. The van der Waals surface area contributed by atoms with Crippen LogP contribution in [0.1, 0.15) is 45.6 Å². The summed E-state index contributed by atoms with van der Waals surface area (Å²) in [5.74, 6) is -0.763. The van der Waals surface area contributed by atoms with Crippen LogP contribution in [0.3, 0.4) is 0 Å². The molecule has 0 bridgehead atoms. The van der Waals surface area contributed by atoms with Gasteiger partial charge in [-0.05, 0) is 37.7 Å². The Morgan fingerprint density at radius 3 is 2.63 bits per heavy atom. The van der Waals surface area contributed by atoms with Crippen LogP contribution in [0.2, 0.25) is 0 Å². The summed E-state index contributed by atoms with van der Waals surface area (Å²) < 4.78 is 0. The Morgan fingerprint density at radius 1 is 1.27 bits per heavy atom. The summed E-state index contributed by atoms with van der Waals surface area (Å²) in [5, 5.41) is 17.9. The fourth-order valence-corrected chi connectivity index (χ4v) is 3.79. The summed E-state index contributed by atoms with van der Waals surface area (Å²) in [7, 11) is 0. The number of amides is 3. The highest BCUT2D eigenvalue weighted by molar-refractivity contribution is 6.07. The first kappa shape index (κ1) is 21.8. The molecule has 1 aromatic rings. The number of nitrogens with one attached hydrogen (secondary N) is 3. The predicted molar refractivity (Wildman–Crippen MR) is 111 cm³/mol. The van der Waals surface area contributed by atoms with Crippen molar-refractivity contribution in [3.8, 4) is 0 Å². The van der Waals surface area contributed by atoms with Crippen molar-refractivity contribution in [2.45, 2.75) is 58.5 Å². The number of benzene rings is 1. The van der Waals surface area contributed by atoms with E-state index in [0.717, 1.165) is 12.0 Å². The molecule has 4 N–H and O–H groups in total. The van der Waals surface area contributed by atoms with Gasteiger partial charge in [-0.3, -0.25) is 14.4 Å². The topological polar surface area (TPSA) is 111 Å². The van der Waals surface area contributed by atoms with Gasteiger partial charge in [0.15, 0.2) is 0 Å². The van der Waals surface area contributed by atoms with Crippen LogP contribution in [0, 0.1) is 5.92 Å². The zero-order chi connectivity index (χ0) is 21.9. The van der Waals surface area contributed by atoms with E-state index in [9.17, 15) is 19.5 Å². The van der Waals surface area contributed by atoms with E-state index in [0.29, 0.717) is 18.9 Å². The molecule has 8 nitrogen and oxygen atoms in total. The highest BCUT2D eigenvalue weighted by Gasteiger charge is 2.47. The molecule has 1 aromatic carbocycles. The molecule has 2 aliphatic rings. The minimum absolute atomic E-state index is 0.0564. The molecular weight excluding hydrogens is 384 g/mol. The Hall–Kier alpha value is -2.87. The molecule has 8 heteroatoms. The van der Waals surface area contributed by atoms with Gasteiger partial charge in [0.1, 0.15) is 11.2 Å². The smallest absolute Gasteiger partial charge is 0.271 e. The molecule has 0 saturated carbocycles. The van der Waals surface area contributed by atoms with Gasteiger partial charge in [-0.15, -0.1) is 0 Å². The van der Waals surface area contributed by atoms with Gasteiger partial charge in [0.25, 0.3) is 11.8 Å². The van der Waals surface area contributed by atoms with Gasteiger partial charge in [-0.25, -0.2) is 0 Å². The van der Waals surface area contributed by atoms with Crippen molar-refractivity contribution in [1.29, 1.82) is 0 Å². The maximum atomic E-state index is 13.5. The fourth-order valence-electron chi connectivity index (χ4n) is 3.79. The van der Waals surface area contributed by atoms with E-state index in [-0.39, 0.29) is 30.1 Å². The van der Waals surface area contributed by atoms with E-state index in [1.165, 1.54) is 4.90 Å². The second kappa shape index (κ2) is 8.87. The third-order valence-electron chi connectivity index (χ3n) is 5.72. The third kappa shape index (κ3) is 4.48. The van der Waals surface area contributed by atoms with E-state index in [4.69, 9.17) is 0 Å². The first-order chi connectivity index (χ1) is 14.2. The molecule has 0 spiro atoms. The van der Waals surface area contributed by atoms with E-state index in [2.05, 4.69) is 29.8 Å².